The first-order chi connectivity index (χ1) is 15.1. The molecule has 0 heterocycles. The molecule has 4 aromatic carbocycles. The first-order valence-corrected chi connectivity index (χ1v) is 10.3. The van der Waals surface area contributed by atoms with Crippen LogP contribution in [0, 0.1) is 0 Å². The van der Waals surface area contributed by atoms with Crippen molar-refractivity contribution in [1.29, 1.82) is 0 Å². The highest BCUT2D eigenvalue weighted by Gasteiger charge is 2.46. The highest BCUT2D eigenvalue weighted by atomic mass is 16.5. The summed E-state index contributed by atoms with van der Waals surface area (Å²) in [7, 11) is 1.68. The maximum absolute atomic E-state index is 11.6. The van der Waals surface area contributed by atoms with Gasteiger partial charge in [-0.2, -0.15) is 0 Å². The van der Waals surface area contributed by atoms with Crippen molar-refractivity contribution in [3.8, 4) is 22.6 Å². The molecule has 4 aromatic rings. The van der Waals surface area contributed by atoms with Gasteiger partial charge in [0.2, 0.25) is 0 Å². The number of rotatable bonds is 4. The fourth-order valence-electron chi connectivity index (χ4n) is 4.84. The van der Waals surface area contributed by atoms with Crippen LogP contribution in [-0.2, 0) is 10.2 Å². The van der Waals surface area contributed by atoms with Gasteiger partial charge < -0.3 is 9.47 Å². The predicted molar refractivity (Wildman–Crippen MR) is 122 cm³/mol. The van der Waals surface area contributed by atoms with E-state index in [1.165, 1.54) is 29.2 Å². The first-order valence-electron chi connectivity index (χ1n) is 10.3. The van der Waals surface area contributed by atoms with E-state index in [2.05, 4.69) is 66.7 Å². The van der Waals surface area contributed by atoms with Crippen molar-refractivity contribution in [3.05, 3.63) is 119 Å². The van der Waals surface area contributed by atoms with E-state index < -0.39 is 5.41 Å². The molecule has 0 spiro atoms. The summed E-state index contributed by atoms with van der Waals surface area (Å²) >= 11 is 0. The van der Waals surface area contributed by atoms with Crippen molar-refractivity contribution >= 4 is 5.97 Å². The van der Waals surface area contributed by atoms with Gasteiger partial charge in [-0.15, -0.1) is 0 Å². The van der Waals surface area contributed by atoms with Gasteiger partial charge in [0, 0.05) is 6.92 Å². The predicted octanol–water partition coefficient (Wildman–Crippen LogP) is 5.98. The molecule has 0 unspecified atom stereocenters. The molecule has 5 rings (SSSR count). The number of hydrogen-bond donors (Lipinski definition) is 0. The molecule has 3 heteroatoms. The Balaban J connectivity index is 1.89. The molecule has 0 N–H and O–H groups in total. The zero-order valence-electron chi connectivity index (χ0n) is 17.5. The number of ether oxygens (including phenoxy) is 2. The molecule has 0 fully saturated rings. The van der Waals surface area contributed by atoms with E-state index in [4.69, 9.17) is 9.47 Å². The quantitative estimate of drug-likeness (QED) is 0.272. The van der Waals surface area contributed by atoms with Crippen LogP contribution in [0.3, 0.4) is 0 Å². The van der Waals surface area contributed by atoms with E-state index >= 15 is 0 Å². The van der Waals surface area contributed by atoms with E-state index in [0.29, 0.717) is 5.75 Å². The number of hydrogen-bond acceptors (Lipinski definition) is 3. The molecule has 0 saturated heterocycles. The Bertz CT molecular complexity index is 1240. The number of methoxy groups -OCH3 is 1. The van der Waals surface area contributed by atoms with Gasteiger partial charge in [-0.05, 0) is 57.6 Å². The van der Waals surface area contributed by atoms with Gasteiger partial charge in [0.25, 0.3) is 0 Å². The molecule has 0 radical (unpaired) electrons. The second-order valence-corrected chi connectivity index (χ2v) is 7.69. The molecular weight excluding hydrogens is 384 g/mol. The lowest BCUT2D eigenvalue weighted by molar-refractivity contribution is -0.131. The summed E-state index contributed by atoms with van der Waals surface area (Å²) in [5, 5.41) is 0. The summed E-state index contributed by atoms with van der Waals surface area (Å²) in [4.78, 5) is 11.6. The van der Waals surface area contributed by atoms with Crippen LogP contribution in [0.2, 0.25) is 0 Å². The Morgan fingerprint density at radius 1 is 0.677 bits per heavy atom. The zero-order chi connectivity index (χ0) is 21.4. The van der Waals surface area contributed by atoms with Crippen LogP contribution in [-0.4, -0.2) is 13.1 Å². The van der Waals surface area contributed by atoms with Gasteiger partial charge in [0.05, 0.1) is 12.5 Å². The van der Waals surface area contributed by atoms with Crippen molar-refractivity contribution in [2.24, 2.45) is 0 Å². The number of carbonyl (C=O) groups is 1. The molecule has 152 valence electrons. The van der Waals surface area contributed by atoms with E-state index in [-0.39, 0.29) is 5.97 Å². The summed E-state index contributed by atoms with van der Waals surface area (Å²) in [5.41, 5.74) is 6.39. The van der Waals surface area contributed by atoms with Gasteiger partial charge in [-0.3, -0.25) is 4.79 Å². The average molecular weight is 406 g/mol. The molecule has 1 aliphatic rings. The molecule has 3 nitrogen and oxygen atoms in total. The molecule has 0 bridgehead atoms. The Morgan fingerprint density at radius 2 is 1.19 bits per heavy atom. The lowest BCUT2D eigenvalue weighted by atomic mass is 9.67. The summed E-state index contributed by atoms with van der Waals surface area (Å²) in [6.07, 6.45) is 0. The molecule has 1 aliphatic carbocycles. The van der Waals surface area contributed by atoms with Gasteiger partial charge in [-0.1, -0.05) is 72.8 Å². The third-order valence-electron chi connectivity index (χ3n) is 5.98. The maximum Gasteiger partial charge on any atom is 0.308 e. The number of benzene rings is 4. The normalized spacial score (nSPS) is 13.2. The second-order valence-electron chi connectivity index (χ2n) is 7.69. The maximum atomic E-state index is 11.6. The van der Waals surface area contributed by atoms with Gasteiger partial charge in [-0.25, -0.2) is 0 Å². The Kier molecular flexibility index (Phi) is 4.59. The summed E-state index contributed by atoms with van der Waals surface area (Å²) in [6.45, 7) is 1.42. The fraction of sp³-hybridized carbons (Fsp3) is 0.107. The lowest BCUT2D eigenvalue weighted by Crippen LogP contribution is -2.28. The van der Waals surface area contributed by atoms with Crippen LogP contribution in [0.5, 0.6) is 11.5 Å². The van der Waals surface area contributed by atoms with E-state index in [9.17, 15) is 4.79 Å². The van der Waals surface area contributed by atoms with Crippen molar-refractivity contribution in [3.63, 3.8) is 0 Å². The molecule has 31 heavy (non-hydrogen) atoms. The minimum atomic E-state index is -0.558. The van der Waals surface area contributed by atoms with Crippen LogP contribution in [0.1, 0.15) is 29.2 Å². The number of carbonyl (C=O) groups excluding carboxylic acids is 1. The van der Waals surface area contributed by atoms with Crippen LogP contribution >= 0.6 is 0 Å². The van der Waals surface area contributed by atoms with Gasteiger partial charge in [0.15, 0.2) is 0 Å². The topological polar surface area (TPSA) is 35.5 Å². The Hall–Kier alpha value is -3.85. The smallest absolute Gasteiger partial charge is 0.308 e. The zero-order valence-corrected chi connectivity index (χ0v) is 17.5. The van der Waals surface area contributed by atoms with Crippen molar-refractivity contribution in [1.82, 2.24) is 0 Å². The largest absolute Gasteiger partial charge is 0.497 e. The van der Waals surface area contributed by atoms with Crippen molar-refractivity contribution in [2.45, 2.75) is 12.3 Å². The Morgan fingerprint density at radius 3 is 1.74 bits per heavy atom. The Labute approximate surface area is 181 Å². The van der Waals surface area contributed by atoms with Crippen molar-refractivity contribution < 1.29 is 14.3 Å². The summed E-state index contributed by atoms with van der Waals surface area (Å²) in [5.74, 6) is 1.00. The monoisotopic (exact) mass is 406 g/mol. The number of esters is 1. The van der Waals surface area contributed by atoms with Gasteiger partial charge in [0.1, 0.15) is 11.5 Å². The minimum Gasteiger partial charge on any atom is -0.497 e. The molecule has 0 aromatic heterocycles. The first kappa shape index (κ1) is 19.1. The standard InChI is InChI=1S/C28H22O3/c1-19(29)31-23-12-8-10-21(18-23)28(20-9-7-11-22(17-20)30-2)26-15-5-3-13-24(26)25-14-4-6-16-27(25)28/h3-18H,1-2H3. The average Bonchev–Trinajstić information content (AvgIpc) is 3.10. The molecule has 0 saturated carbocycles. The van der Waals surface area contributed by atoms with E-state index in [1.54, 1.807) is 7.11 Å². The third-order valence-corrected chi connectivity index (χ3v) is 5.98. The summed E-state index contributed by atoms with van der Waals surface area (Å²) in [6, 6.07) is 33.1. The van der Waals surface area contributed by atoms with E-state index in [0.717, 1.165) is 16.9 Å². The molecule has 0 atom stereocenters. The number of fused-ring (bicyclic) bond motifs is 3. The highest BCUT2D eigenvalue weighted by Crippen LogP contribution is 2.56. The van der Waals surface area contributed by atoms with Crippen LogP contribution < -0.4 is 9.47 Å². The lowest BCUT2D eigenvalue weighted by Gasteiger charge is -2.34. The third kappa shape index (κ3) is 2.93. The molecule has 0 aliphatic heterocycles. The fourth-order valence-corrected chi connectivity index (χ4v) is 4.84. The van der Waals surface area contributed by atoms with E-state index in [1.807, 2.05) is 30.3 Å². The minimum absolute atomic E-state index is 0.334. The SMILES string of the molecule is COc1cccc(C2(c3cccc(OC(C)=O)c3)c3ccccc3-c3ccccc32)c1. The van der Waals surface area contributed by atoms with Gasteiger partial charge >= 0.3 is 5.97 Å². The molecule has 0 amide bonds. The second kappa shape index (κ2) is 7.44. The van der Waals surface area contributed by atoms with Crippen LogP contribution in [0.25, 0.3) is 11.1 Å². The molecular formula is C28H22O3. The highest BCUT2D eigenvalue weighted by molar-refractivity contribution is 5.86. The van der Waals surface area contributed by atoms with Crippen molar-refractivity contribution in [2.75, 3.05) is 7.11 Å². The van der Waals surface area contributed by atoms with Crippen LogP contribution in [0.15, 0.2) is 97.1 Å². The summed E-state index contributed by atoms with van der Waals surface area (Å²) < 4.78 is 11.0. The van der Waals surface area contributed by atoms with Crippen LogP contribution in [0.4, 0.5) is 0 Å².